The van der Waals surface area contributed by atoms with E-state index in [4.69, 9.17) is 4.74 Å². The molecule has 2 heterocycles. The standard InChI is InChI=1S/C20H24FN5O2/c1-14-18(15(2)26-20(24-14)22-13-23-26)9-10-19(27)25(3)11-4-12-28-17-7-5-16(21)6-8-17/h5-8,13H,4,9-12H2,1-3H3. The van der Waals surface area contributed by atoms with Crippen LogP contribution < -0.4 is 4.74 Å². The number of carbonyl (C=O) groups is 1. The van der Waals surface area contributed by atoms with Gasteiger partial charge in [-0.3, -0.25) is 4.79 Å². The topological polar surface area (TPSA) is 72.6 Å². The largest absolute Gasteiger partial charge is 0.494 e. The fourth-order valence-electron chi connectivity index (χ4n) is 3.09. The maximum Gasteiger partial charge on any atom is 0.252 e. The molecule has 0 unspecified atom stereocenters. The van der Waals surface area contributed by atoms with Crippen molar-refractivity contribution in [3.05, 3.63) is 53.4 Å². The summed E-state index contributed by atoms with van der Waals surface area (Å²) in [5.74, 6) is 0.973. The smallest absolute Gasteiger partial charge is 0.252 e. The Hall–Kier alpha value is -3.03. The SMILES string of the molecule is Cc1nc2ncnn2c(C)c1CCC(=O)N(C)CCCOc1ccc(F)cc1. The van der Waals surface area contributed by atoms with Crippen LogP contribution in [0.15, 0.2) is 30.6 Å². The summed E-state index contributed by atoms with van der Waals surface area (Å²) in [6.07, 6.45) is 3.18. The van der Waals surface area contributed by atoms with Gasteiger partial charge >= 0.3 is 0 Å². The second-order valence-electron chi connectivity index (χ2n) is 6.70. The number of fused-ring (bicyclic) bond motifs is 1. The van der Waals surface area contributed by atoms with Gasteiger partial charge in [-0.15, -0.1) is 0 Å². The second-order valence-corrected chi connectivity index (χ2v) is 6.70. The third-order valence-electron chi connectivity index (χ3n) is 4.72. The molecule has 0 saturated heterocycles. The lowest BCUT2D eigenvalue weighted by Crippen LogP contribution is -2.29. The van der Waals surface area contributed by atoms with Crippen molar-refractivity contribution in [1.29, 1.82) is 0 Å². The summed E-state index contributed by atoms with van der Waals surface area (Å²) in [6, 6.07) is 5.91. The Kier molecular flexibility index (Phi) is 6.18. The Labute approximate surface area is 163 Å². The Morgan fingerprint density at radius 2 is 2.00 bits per heavy atom. The minimum absolute atomic E-state index is 0.0688. The van der Waals surface area contributed by atoms with E-state index in [0.29, 0.717) is 43.9 Å². The van der Waals surface area contributed by atoms with Crippen molar-refractivity contribution in [3.63, 3.8) is 0 Å². The monoisotopic (exact) mass is 385 g/mol. The molecular weight excluding hydrogens is 361 g/mol. The van der Waals surface area contributed by atoms with Crippen LogP contribution in [0.3, 0.4) is 0 Å². The molecule has 8 heteroatoms. The molecule has 0 spiro atoms. The first kappa shape index (κ1) is 19.7. The quantitative estimate of drug-likeness (QED) is 0.558. The maximum absolute atomic E-state index is 12.9. The molecule has 0 bridgehead atoms. The fourth-order valence-corrected chi connectivity index (χ4v) is 3.09. The highest BCUT2D eigenvalue weighted by Gasteiger charge is 2.14. The van der Waals surface area contributed by atoms with E-state index in [9.17, 15) is 9.18 Å². The van der Waals surface area contributed by atoms with E-state index in [1.807, 2.05) is 13.8 Å². The maximum atomic E-state index is 12.9. The highest BCUT2D eigenvalue weighted by atomic mass is 19.1. The van der Waals surface area contributed by atoms with Crippen LogP contribution in [-0.4, -0.2) is 50.6 Å². The van der Waals surface area contributed by atoms with Crippen molar-refractivity contribution in [2.75, 3.05) is 20.2 Å². The van der Waals surface area contributed by atoms with Gasteiger partial charge in [-0.1, -0.05) is 0 Å². The lowest BCUT2D eigenvalue weighted by Gasteiger charge is -2.18. The highest BCUT2D eigenvalue weighted by Crippen LogP contribution is 2.15. The summed E-state index contributed by atoms with van der Waals surface area (Å²) in [5, 5.41) is 4.17. The number of nitrogens with zero attached hydrogens (tertiary/aromatic N) is 5. The molecule has 0 aliphatic carbocycles. The average Bonchev–Trinajstić information content (AvgIpc) is 3.14. The number of rotatable bonds is 8. The normalized spacial score (nSPS) is 11.0. The van der Waals surface area contributed by atoms with Crippen LogP contribution in [0.5, 0.6) is 5.75 Å². The van der Waals surface area contributed by atoms with Crippen LogP contribution in [0, 0.1) is 19.7 Å². The summed E-state index contributed by atoms with van der Waals surface area (Å²) in [4.78, 5) is 22.7. The molecule has 3 aromatic rings. The van der Waals surface area contributed by atoms with E-state index in [-0.39, 0.29) is 11.7 Å². The summed E-state index contributed by atoms with van der Waals surface area (Å²) in [6.45, 7) is 4.96. The Morgan fingerprint density at radius 1 is 1.25 bits per heavy atom. The van der Waals surface area contributed by atoms with Crippen LogP contribution in [0.4, 0.5) is 4.39 Å². The number of benzene rings is 1. The van der Waals surface area contributed by atoms with Crippen molar-refractivity contribution in [1.82, 2.24) is 24.5 Å². The predicted molar refractivity (Wildman–Crippen MR) is 103 cm³/mol. The van der Waals surface area contributed by atoms with Gasteiger partial charge in [0, 0.05) is 31.4 Å². The number of aryl methyl sites for hydroxylation is 2. The predicted octanol–water partition coefficient (Wildman–Crippen LogP) is 2.74. The van der Waals surface area contributed by atoms with E-state index in [1.54, 1.807) is 28.6 Å². The number of hydrogen-bond donors (Lipinski definition) is 0. The van der Waals surface area contributed by atoms with E-state index >= 15 is 0 Å². The van der Waals surface area contributed by atoms with Crippen LogP contribution in [0.2, 0.25) is 0 Å². The zero-order chi connectivity index (χ0) is 20.1. The molecule has 0 aliphatic heterocycles. The molecule has 2 aromatic heterocycles. The Balaban J connectivity index is 1.46. The van der Waals surface area contributed by atoms with Crippen molar-refractivity contribution in [3.8, 4) is 5.75 Å². The molecule has 3 rings (SSSR count). The third kappa shape index (κ3) is 4.62. The molecule has 0 fully saturated rings. The van der Waals surface area contributed by atoms with Crippen LogP contribution in [0.1, 0.15) is 29.8 Å². The summed E-state index contributed by atoms with van der Waals surface area (Å²) >= 11 is 0. The van der Waals surface area contributed by atoms with Gasteiger partial charge in [-0.05, 0) is 56.5 Å². The summed E-state index contributed by atoms with van der Waals surface area (Å²) < 4.78 is 20.1. The van der Waals surface area contributed by atoms with Crippen LogP contribution >= 0.6 is 0 Å². The van der Waals surface area contributed by atoms with Crippen molar-refractivity contribution < 1.29 is 13.9 Å². The van der Waals surface area contributed by atoms with E-state index in [1.165, 1.54) is 18.5 Å². The number of amides is 1. The van der Waals surface area contributed by atoms with Gasteiger partial charge in [0.25, 0.3) is 5.78 Å². The van der Waals surface area contributed by atoms with Gasteiger partial charge in [0.15, 0.2) is 0 Å². The van der Waals surface area contributed by atoms with Gasteiger partial charge < -0.3 is 9.64 Å². The zero-order valence-corrected chi connectivity index (χ0v) is 16.4. The van der Waals surface area contributed by atoms with Crippen molar-refractivity contribution >= 4 is 11.7 Å². The van der Waals surface area contributed by atoms with Crippen molar-refractivity contribution in [2.45, 2.75) is 33.1 Å². The summed E-state index contributed by atoms with van der Waals surface area (Å²) in [7, 11) is 1.79. The molecule has 148 valence electrons. The van der Waals surface area contributed by atoms with Gasteiger partial charge in [0.2, 0.25) is 5.91 Å². The minimum atomic E-state index is -0.290. The first-order valence-electron chi connectivity index (χ1n) is 9.24. The van der Waals surface area contributed by atoms with Gasteiger partial charge in [0.1, 0.15) is 17.9 Å². The zero-order valence-electron chi connectivity index (χ0n) is 16.4. The van der Waals surface area contributed by atoms with E-state index in [0.717, 1.165) is 17.0 Å². The number of aromatic nitrogens is 4. The third-order valence-corrected chi connectivity index (χ3v) is 4.72. The minimum Gasteiger partial charge on any atom is -0.494 e. The Morgan fingerprint density at radius 3 is 2.75 bits per heavy atom. The molecule has 7 nitrogen and oxygen atoms in total. The van der Waals surface area contributed by atoms with Crippen LogP contribution in [-0.2, 0) is 11.2 Å². The van der Waals surface area contributed by atoms with Gasteiger partial charge in [0.05, 0.1) is 6.61 Å². The first-order chi connectivity index (χ1) is 13.5. The molecule has 0 aliphatic rings. The van der Waals surface area contributed by atoms with Gasteiger partial charge in [-0.2, -0.15) is 10.1 Å². The van der Waals surface area contributed by atoms with E-state index < -0.39 is 0 Å². The van der Waals surface area contributed by atoms with Gasteiger partial charge in [-0.25, -0.2) is 13.9 Å². The average molecular weight is 385 g/mol. The molecule has 28 heavy (non-hydrogen) atoms. The molecule has 0 N–H and O–H groups in total. The lowest BCUT2D eigenvalue weighted by molar-refractivity contribution is -0.129. The Bertz CT molecular complexity index is 955. The molecule has 1 aromatic carbocycles. The molecule has 1 amide bonds. The van der Waals surface area contributed by atoms with Crippen molar-refractivity contribution in [2.24, 2.45) is 0 Å². The number of carbonyl (C=O) groups excluding carboxylic acids is 1. The molecular formula is C20H24FN5O2. The fraction of sp³-hybridized carbons (Fsp3) is 0.400. The number of halogens is 1. The first-order valence-corrected chi connectivity index (χ1v) is 9.24. The number of hydrogen-bond acceptors (Lipinski definition) is 5. The highest BCUT2D eigenvalue weighted by molar-refractivity contribution is 5.76. The molecule has 0 radical (unpaired) electrons. The number of ether oxygens (including phenoxy) is 1. The molecule has 0 atom stereocenters. The summed E-state index contributed by atoms with van der Waals surface area (Å²) in [5.41, 5.74) is 2.86. The molecule has 0 saturated carbocycles. The second kappa shape index (κ2) is 8.77. The van der Waals surface area contributed by atoms with E-state index in [2.05, 4.69) is 15.1 Å². The van der Waals surface area contributed by atoms with Crippen LogP contribution in [0.25, 0.3) is 5.78 Å². The lowest BCUT2D eigenvalue weighted by atomic mass is 10.1.